The molecular formula is C14H12F4N2. The van der Waals surface area contributed by atoms with Crippen molar-refractivity contribution >= 4 is 0 Å². The first-order chi connectivity index (χ1) is 9.30. The number of nitrogens with two attached hydrogens (primary N) is 1. The van der Waals surface area contributed by atoms with Crippen LogP contribution in [-0.4, -0.2) is 4.98 Å². The lowest BCUT2D eigenvalue weighted by Gasteiger charge is -2.19. The van der Waals surface area contributed by atoms with E-state index in [2.05, 4.69) is 4.98 Å². The summed E-state index contributed by atoms with van der Waals surface area (Å²) in [5.74, 6) is -0.458. The highest BCUT2D eigenvalue weighted by atomic mass is 19.4. The number of hydrogen-bond acceptors (Lipinski definition) is 2. The van der Waals surface area contributed by atoms with Crippen LogP contribution in [0.25, 0.3) is 0 Å². The van der Waals surface area contributed by atoms with Crippen molar-refractivity contribution in [3.63, 3.8) is 0 Å². The summed E-state index contributed by atoms with van der Waals surface area (Å²) in [7, 11) is 0. The van der Waals surface area contributed by atoms with E-state index in [1.54, 1.807) is 6.92 Å². The second-order valence-corrected chi connectivity index (χ2v) is 4.44. The fourth-order valence-electron chi connectivity index (χ4n) is 2.07. The SMILES string of the molecule is Cc1cc(F)ccc1C(N)c1cnccc1C(F)(F)F. The first-order valence-corrected chi connectivity index (χ1v) is 5.83. The molecule has 2 N–H and O–H groups in total. The Morgan fingerprint density at radius 1 is 1.15 bits per heavy atom. The van der Waals surface area contributed by atoms with Crippen LogP contribution in [0, 0.1) is 12.7 Å². The highest BCUT2D eigenvalue weighted by Crippen LogP contribution is 2.35. The molecule has 0 aliphatic carbocycles. The molecule has 1 aromatic carbocycles. The van der Waals surface area contributed by atoms with E-state index in [0.29, 0.717) is 11.1 Å². The van der Waals surface area contributed by atoms with Gasteiger partial charge in [-0.05, 0) is 36.2 Å². The number of pyridine rings is 1. The zero-order valence-electron chi connectivity index (χ0n) is 10.6. The molecular weight excluding hydrogens is 272 g/mol. The predicted octanol–water partition coefficient (Wildman–Crippen LogP) is 3.60. The van der Waals surface area contributed by atoms with Crippen molar-refractivity contribution in [3.05, 3.63) is 64.7 Å². The smallest absolute Gasteiger partial charge is 0.320 e. The Bertz CT molecular complexity index is 623. The van der Waals surface area contributed by atoms with E-state index in [1.165, 1.54) is 18.2 Å². The van der Waals surface area contributed by atoms with Crippen LogP contribution in [0.3, 0.4) is 0 Å². The summed E-state index contributed by atoms with van der Waals surface area (Å²) < 4.78 is 51.9. The average Bonchev–Trinajstić information content (AvgIpc) is 2.37. The minimum absolute atomic E-state index is 0.130. The van der Waals surface area contributed by atoms with E-state index in [4.69, 9.17) is 5.73 Å². The average molecular weight is 284 g/mol. The van der Waals surface area contributed by atoms with Crippen molar-refractivity contribution in [1.82, 2.24) is 4.98 Å². The van der Waals surface area contributed by atoms with Gasteiger partial charge in [-0.15, -0.1) is 0 Å². The standard InChI is InChI=1S/C14H12F4N2/c1-8-6-9(15)2-3-10(8)13(19)11-7-20-5-4-12(11)14(16,17)18/h2-7,13H,19H2,1H3. The number of nitrogens with zero attached hydrogens (tertiary/aromatic N) is 1. The molecule has 20 heavy (non-hydrogen) atoms. The summed E-state index contributed by atoms with van der Waals surface area (Å²) in [6.07, 6.45) is -2.35. The number of hydrogen-bond donors (Lipinski definition) is 1. The van der Waals surface area contributed by atoms with E-state index < -0.39 is 23.6 Å². The van der Waals surface area contributed by atoms with Crippen molar-refractivity contribution < 1.29 is 17.6 Å². The molecule has 0 saturated heterocycles. The highest BCUT2D eigenvalue weighted by Gasteiger charge is 2.35. The Morgan fingerprint density at radius 3 is 2.45 bits per heavy atom. The molecule has 0 fully saturated rings. The summed E-state index contributed by atoms with van der Waals surface area (Å²) in [6.45, 7) is 1.60. The maximum absolute atomic E-state index is 13.0. The van der Waals surface area contributed by atoms with Gasteiger partial charge >= 0.3 is 6.18 Å². The molecule has 1 heterocycles. The molecule has 0 aliphatic heterocycles. The molecule has 2 aromatic rings. The van der Waals surface area contributed by atoms with Gasteiger partial charge in [0.05, 0.1) is 11.6 Å². The fraction of sp³-hybridized carbons (Fsp3) is 0.214. The van der Waals surface area contributed by atoms with Crippen LogP contribution in [0.4, 0.5) is 17.6 Å². The number of benzene rings is 1. The highest BCUT2D eigenvalue weighted by molar-refractivity contribution is 5.40. The molecule has 1 aromatic heterocycles. The van der Waals surface area contributed by atoms with Crippen molar-refractivity contribution in [1.29, 1.82) is 0 Å². The predicted molar refractivity (Wildman–Crippen MR) is 66.4 cm³/mol. The fourth-order valence-corrected chi connectivity index (χ4v) is 2.07. The maximum Gasteiger partial charge on any atom is 0.416 e. The van der Waals surface area contributed by atoms with Crippen molar-refractivity contribution in [2.75, 3.05) is 0 Å². The third-order valence-corrected chi connectivity index (χ3v) is 3.06. The van der Waals surface area contributed by atoms with Crippen LogP contribution in [0.2, 0.25) is 0 Å². The first kappa shape index (κ1) is 14.5. The monoisotopic (exact) mass is 284 g/mol. The van der Waals surface area contributed by atoms with E-state index in [9.17, 15) is 17.6 Å². The van der Waals surface area contributed by atoms with Crippen molar-refractivity contribution in [3.8, 4) is 0 Å². The molecule has 0 spiro atoms. The van der Waals surface area contributed by atoms with Gasteiger partial charge in [0.1, 0.15) is 5.82 Å². The van der Waals surface area contributed by atoms with E-state index >= 15 is 0 Å². The third-order valence-electron chi connectivity index (χ3n) is 3.06. The van der Waals surface area contributed by atoms with Gasteiger partial charge in [-0.3, -0.25) is 4.98 Å². The van der Waals surface area contributed by atoms with Gasteiger partial charge in [0.2, 0.25) is 0 Å². The van der Waals surface area contributed by atoms with E-state index in [0.717, 1.165) is 18.5 Å². The van der Waals surface area contributed by atoms with Crippen LogP contribution in [-0.2, 0) is 6.18 Å². The Morgan fingerprint density at radius 2 is 1.85 bits per heavy atom. The quantitative estimate of drug-likeness (QED) is 0.856. The Kier molecular flexibility index (Phi) is 3.76. The van der Waals surface area contributed by atoms with Crippen LogP contribution < -0.4 is 5.73 Å². The Hall–Kier alpha value is -1.95. The molecule has 0 amide bonds. The third kappa shape index (κ3) is 2.80. The summed E-state index contributed by atoms with van der Waals surface area (Å²) in [4.78, 5) is 3.70. The zero-order valence-corrected chi connectivity index (χ0v) is 10.6. The Balaban J connectivity index is 2.51. The van der Waals surface area contributed by atoms with E-state index in [-0.39, 0.29) is 5.56 Å². The minimum atomic E-state index is -4.51. The summed E-state index contributed by atoms with van der Waals surface area (Å²) in [6, 6.07) is 3.67. The lowest BCUT2D eigenvalue weighted by molar-refractivity contribution is -0.138. The zero-order chi connectivity index (χ0) is 14.9. The second kappa shape index (κ2) is 5.20. The summed E-state index contributed by atoms with van der Waals surface area (Å²) in [5.41, 5.74) is 5.87. The molecule has 0 radical (unpaired) electrons. The van der Waals surface area contributed by atoms with Crippen LogP contribution in [0.15, 0.2) is 36.7 Å². The van der Waals surface area contributed by atoms with Crippen LogP contribution in [0.1, 0.15) is 28.3 Å². The number of halogens is 4. The van der Waals surface area contributed by atoms with Gasteiger partial charge < -0.3 is 5.73 Å². The van der Waals surface area contributed by atoms with Gasteiger partial charge in [-0.25, -0.2) is 4.39 Å². The van der Waals surface area contributed by atoms with Gasteiger partial charge in [-0.2, -0.15) is 13.2 Å². The topological polar surface area (TPSA) is 38.9 Å². The first-order valence-electron chi connectivity index (χ1n) is 5.83. The molecule has 0 bridgehead atoms. The van der Waals surface area contributed by atoms with Gasteiger partial charge in [0.25, 0.3) is 0 Å². The molecule has 6 heteroatoms. The molecule has 1 unspecified atom stereocenters. The minimum Gasteiger partial charge on any atom is -0.320 e. The van der Waals surface area contributed by atoms with Crippen molar-refractivity contribution in [2.45, 2.75) is 19.1 Å². The molecule has 1 atom stereocenters. The molecule has 2 rings (SSSR count). The van der Waals surface area contributed by atoms with Gasteiger partial charge in [0.15, 0.2) is 0 Å². The van der Waals surface area contributed by atoms with Gasteiger partial charge in [0, 0.05) is 18.0 Å². The lowest BCUT2D eigenvalue weighted by Crippen LogP contribution is -2.19. The van der Waals surface area contributed by atoms with Crippen LogP contribution in [0.5, 0.6) is 0 Å². The van der Waals surface area contributed by atoms with Crippen molar-refractivity contribution in [2.24, 2.45) is 5.73 Å². The van der Waals surface area contributed by atoms with E-state index in [1.807, 2.05) is 0 Å². The second-order valence-electron chi connectivity index (χ2n) is 4.44. The number of alkyl halides is 3. The summed E-state index contributed by atoms with van der Waals surface area (Å²) >= 11 is 0. The Labute approximate surface area is 113 Å². The van der Waals surface area contributed by atoms with Crippen LogP contribution >= 0.6 is 0 Å². The molecule has 0 aliphatic rings. The molecule has 106 valence electrons. The lowest BCUT2D eigenvalue weighted by atomic mass is 9.93. The number of rotatable bonds is 2. The summed E-state index contributed by atoms with van der Waals surface area (Å²) in [5, 5.41) is 0. The molecule has 2 nitrogen and oxygen atoms in total. The number of aryl methyl sites for hydroxylation is 1. The molecule has 0 saturated carbocycles. The largest absolute Gasteiger partial charge is 0.416 e. The number of aromatic nitrogens is 1. The van der Waals surface area contributed by atoms with Gasteiger partial charge in [-0.1, -0.05) is 6.07 Å². The normalized spacial score (nSPS) is 13.3. The maximum atomic E-state index is 13.0.